The van der Waals surface area contributed by atoms with E-state index in [2.05, 4.69) is 15.5 Å². The van der Waals surface area contributed by atoms with Gasteiger partial charge >= 0.3 is 5.97 Å². The van der Waals surface area contributed by atoms with Crippen LogP contribution in [-0.2, 0) is 16.1 Å². The molecule has 1 aromatic rings. The van der Waals surface area contributed by atoms with Gasteiger partial charge in [-0.25, -0.2) is 4.68 Å². The normalized spacial score (nSPS) is 17.0. The van der Waals surface area contributed by atoms with Crippen molar-refractivity contribution in [3.05, 3.63) is 5.82 Å². The molecule has 0 spiro atoms. The average Bonchev–Trinajstić information content (AvgIpc) is 2.78. The summed E-state index contributed by atoms with van der Waals surface area (Å²) in [7, 11) is 0. The fourth-order valence-corrected chi connectivity index (χ4v) is 2.31. The van der Waals surface area contributed by atoms with Crippen molar-refractivity contribution in [1.82, 2.24) is 20.2 Å². The van der Waals surface area contributed by atoms with E-state index in [-0.39, 0.29) is 12.5 Å². The first-order valence-corrected chi connectivity index (χ1v) is 6.23. The van der Waals surface area contributed by atoms with E-state index in [1.54, 1.807) is 11.6 Å². The third-order valence-corrected chi connectivity index (χ3v) is 3.11. The Morgan fingerprint density at radius 1 is 1.41 bits per heavy atom. The lowest BCUT2D eigenvalue weighted by molar-refractivity contribution is -0.144. The average molecular weight is 238 g/mol. The minimum Gasteiger partial charge on any atom is -0.465 e. The molecule has 0 aromatic carbocycles. The maximum atomic E-state index is 11.4. The fourth-order valence-electron chi connectivity index (χ4n) is 2.31. The van der Waals surface area contributed by atoms with Crippen molar-refractivity contribution in [2.75, 3.05) is 6.61 Å². The van der Waals surface area contributed by atoms with Crippen LogP contribution in [0.3, 0.4) is 0 Å². The van der Waals surface area contributed by atoms with Gasteiger partial charge in [0.2, 0.25) is 0 Å². The zero-order valence-corrected chi connectivity index (χ0v) is 10.1. The Labute approximate surface area is 100 Å². The second-order valence-electron chi connectivity index (χ2n) is 4.33. The molecule has 1 saturated carbocycles. The van der Waals surface area contributed by atoms with Crippen LogP contribution in [0.25, 0.3) is 0 Å². The third-order valence-electron chi connectivity index (χ3n) is 3.11. The number of carbonyl (C=O) groups is 1. The van der Waals surface area contributed by atoms with Crippen LogP contribution in [0.5, 0.6) is 0 Å². The Morgan fingerprint density at radius 3 is 2.88 bits per heavy atom. The molecule has 0 amide bonds. The molecular weight excluding hydrogens is 220 g/mol. The van der Waals surface area contributed by atoms with E-state index in [1.807, 2.05) is 0 Å². The summed E-state index contributed by atoms with van der Waals surface area (Å²) in [6, 6.07) is 0. The second kappa shape index (κ2) is 5.75. The summed E-state index contributed by atoms with van der Waals surface area (Å²) in [5.74, 6) is 0.947. The summed E-state index contributed by atoms with van der Waals surface area (Å²) >= 11 is 0. The van der Waals surface area contributed by atoms with Gasteiger partial charge in [-0.05, 0) is 30.2 Å². The number of hydrogen-bond acceptors (Lipinski definition) is 5. The van der Waals surface area contributed by atoms with Crippen molar-refractivity contribution in [3.8, 4) is 0 Å². The van der Waals surface area contributed by atoms with Gasteiger partial charge in [0.1, 0.15) is 6.54 Å². The number of nitrogens with zero attached hydrogens (tertiary/aromatic N) is 4. The summed E-state index contributed by atoms with van der Waals surface area (Å²) in [4.78, 5) is 11.4. The maximum Gasteiger partial charge on any atom is 0.327 e. The topological polar surface area (TPSA) is 69.9 Å². The van der Waals surface area contributed by atoms with Crippen molar-refractivity contribution >= 4 is 5.97 Å². The standard InChI is InChI=1S/C11H18N4O2/c1-2-17-10(16)8-15-11(12-13-14-15)9-6-4-3-5-7-9/h9H,2-8H2,1H3. The van der Waals surface area contributed by atoms with Gasteiger partial charge in [0.05, 0.1) is 6.61 Å². The van der Waals surface area contributed by atoms with Crippen molar-refractivity contribution in [2.24, 2.45) is 0 Å². The molecule has 0 bridgehead atoms. The highest BCUT2D eigenvalue weighted by molar-refractivity contribution is 5.69. The molecule has 2 rings (SSSR count). The van der Waals surface area contributed by atoms with Crippen molar-refractivity contribution in [1.29, 1.82) is 0 Å². The van der Waals surface area contributed by atoms with E-state index in [0.717, 1.165) is 18.7 Å². The van der Waals surface area contributed by atoms with Crippen LogP contribution in [-0.4, -0.2) is 32.8 Å². The third kappa shape index (κ3) is 3.01. The molecule has 6 nitrogen and oxygen atoms in total. The van der Waals surface area contributed by atoms with Crippen molar-refractivity contribution in [3.63, 3.8) is 0 Å². The smallest absolute Gasteiger partial charge is 0.327 e. The largest absolute Gasteiger partial charge is 0.465 e. The molecule has 0 unspecified atom stereocenters. The van der Waals surface area contributed by atoms with Crippen LogP contribution in [0.4, 0.5) is 0 Å². The second-order valence-corrected chi connectivity index (χ2v) is 4.33. The van der Waals surface area contributed by atoms with Gasteiger partial charge in [-0.2, -0.15) is 0 Å². The molecule has 0 aliphatic heterocycles. The zero-order chi connectivity index (χ0) is 12.1. The molecule has 0 N–H and O–H groups in total. The van der Waals surface area contributed by atoms with Gasteiger partial charge in [0.15, 0.2) is 5.82 Å². The summed E-state index contributed by atoms with van der Waals surface area (Å²) in [5.41, 5.74) is 0. The fraction of sp³-hybridized carbons (Fsp3) is 0.818. The Bertz CT molecular complexity index is 371. The zero-order valence-electron chi connectivity index (χ0n) is 10.1. The lowest BCUT2D eigenvalue weighted by Gasteiger charge is -2.20. The molecule has 1 aliphatic rings. The molecule has 17 heavy (non-hydrogen) atoms. The summed E-state index contributed by atoms with van der Waals surface area (Å²) in [6.45, 7) is 2.30. The Balaban J connectivity index is 2.02. The van der Waals surface area contributed by atoms with Crippen LogP contribution in [0.1, 0.15) is 50.8 Å². The molecule has 0 atom stereocenters. The highest BCUT2D eigenvalue weighted by Crippen LogP contribution is 2.30. The Morgan fingerprint density at radius 2 is 2.18 bits per heavy atom. The lowest BCUT2D eigenvalue weighted by Crippen LogP contribution is -2.19. The summed E-state index contributed by atoms with van der Waals surface area (Å²) in [6.07, 6.45) is 5.95. The van der Waals surface area contributed by atoms with Gasteiger partial charge in [-0.1, -0.05) is 19.3 Å². The van der Waals surface area contributed by atoms with E-state index >= 15 is 0 Å². The highest BCUT2D eigenvalue weighted by atomic mass is 16.5. The SMILES string of the molecule is CCOC(=O)Cn1nnnc1C1CCCCC1. The Kier molecular flexibility index (Phi) is 4.06. The maximum absolute atomic E-state index is 11.4. The molecule has 0 radical (unpaired) electrons. The molecule has 1 aromatic heterocycles. The van der Waals surface area contributed by atoms with E-state index in [0.29, 0.717) is 12.5 Å². The van der Waals surface area contributed by atoms with Gasteiger partial charge in [-0.15, -0.1) is 5.10 Å². The highest BCUT2D eigenvalue weighted by Gasteiger charge is 2.22. The Hall–Kier alpha value is -1.46. The van der Waals surface area contributed by atoms with E-state index in [9.17, 15) is 4.79 Å². The summed E-state index contributed by atoms with van der Waals surface area (Å²) < 4.78 is 6.48. The predicted molar refractivity (Wildman–Crippen MR) is 60.3 cm³/mol. The number of tetrazole rings is 1. The first kappa shape index (κ1) is 12.0. The van der Waals surface area contributed by atoms with Gasteiger partial charge in [0, 0.05) is 5.92 Å². The molecule has 0 saturated heterocycles. The minimum absolute atomic E-state index is 0.118. The van der Waals surface area contributed by atoms with Crippen molar-refractivity contribution in [2.45, 2.75) is 51.5 Å². The minimum atomic E-state index is -0.281. The van der Waals surface area contributed by atoms with Crippen molar-refractivity contribution < 1.29 is 9.53 Å². The van der Waals surface area contributed by atoms with Crippen LogP contribution >= 0.6 is 0 Å². The number of aromatic nitrogens is 4. The number of carbonyl (C=O) groups excluding carboxylic acids is 1. The summed E-state index contributed by atoms with van der Waals surface area (Å²) in [5, 5.41) is 11.6. The molecular formula is C11H18N4O2. The number of ether oxygens (including phenoxy) is 1. The molecule has 1 fully saturated rings. The molecule has 6 heteroatoms. The van der Waals surface area contributed by atoms with Crippen LogP contribution < -0.4 is 0 Å². The van der Waals surface area contributed by atoms with Gasteiger partial charge in [-0.3, -0.25) is 4.79 Å². The molecule has 1 aliphatic carbocycles. The molecule has 1 heterocycles. The monoisotopic (exact) mass is 238 g/mol. The number of rotatable bonds is 4. The number of esters is 1. The van der Waals surface area contributed by atoms with Gasteiger partial charge < -0.3 is 4.74 Å². The quantitative estimate of drug-likeness (QED) is 0.739. The first-order chi connectivity index (χ1) is 8.31. The van der Waals surface area contributed by atoms with E-state index in [4.69, 9.17) is 4.74 Å². The van der Waals surface area contributed by atoms with Gasteiger partial charge in [0.25, 0.3) is 0 Å². The van der Waals surface area contributed by atoms with Crippen LogP contribution in [0.2, 0.25) is 0 Å². The lowest BCUT2D eigenvalue weighted by atomic mass is 9.89. The molecule has 94 valence electrons. The predicted octanol–water partition coefficient (Wildman–Crippen LogP) is 1.28. The van der Waals surface area contributed by atoms with Crippen LogP contribution in [0.15, 0.2) is 0 Å². The van der Waals surface area contributed by atoms with Crippen LogP contribution in [0, 0.1) is 0 Å². The first-order valence-electron chi connectivity index (χ1n) is 6.23. The van der Waals surface area contributed by atoms with E-state index in [1.165, 1.54) is 19.3 Å². The number of hydrogen-bond donors (Lipinski definition) is 0. The van der Waals surface area contributed by atoms with E-state index < -0.39 is 0 Å².